The summed E-state index contributed by atoms with van der Waals surface area (Å²) in [4.78, 5) is 14.6. The molecule has 3 heterocycles. The third kappa shape index (κ3) is 3.46. The van der Waals surface area contributed by atoms with Crippen LogP contribution in [0.15, 0.2) is 30.6 Å². The molecule has 1 aromatic carbocycles. The van der Waals surface area contributed by atoms with Crippen LogP contribution in [0.4, 0.5) is 0 Å². The summed E-state index contributed by atoms with van der Waals surface area (Å²) in [7, 11) is 1.72. The lowest BCUT2D eigenvalue weighted by atomic mass is 9.78. The minimum Gasteiger partial charge on any atom is -0.496 e. The average Bonchev–Trinajstić information content (AvgIpc) is 3.12. The quantitative estimate of drug-likeness (QED) is 0.831. The Morgan fingerprint density at radius 1 is 1.33 bits per heavy atom. The van der Waals surface area contributed by atoms with Crippen LogP contribution in [0.1, 0.15) is 36.0 Å². The maximum atomic E-state index is 12.6. The molecule has 1 amide bonds. The van der Waals surface area contributed by atoms with Gasteiger partial charge in [0.05, 0.1) is 19.9 Å². The number of hydrogen-bond acceptors (Lipinski definition) is 4. The smallest absolute Gasteiger partial charge is 0.224 e. The highest BCUT2D eigenvalue weighted by molar-refractivity contribution is 5.76. The Hall–Kier alpha value is -2.34. The molecule has 0 aliphatic carbocycles. The van der Waals surface area contributed by atoms with Crippen molar-refractivity contribution in [1.82, 2.24) is 14.7 Å². The Kier molecular flexibility index (Phi) is 4.91. The highest BCUT2D eigenvalue weighted by Crippen LogP contribution is 2.45. The molecular weight excluding hydrogens is 342 g/mol. The fourth-order valence-electron chi connectivity index (χ4n) is 4.37. The summed E-state index contributed by atoms with van der Waals surface area (Å²) >= 11 is 0. The number of likely N-dealkylation sites (tertiary alicyclic amines) is 1. The van der Waals surface area contributed by atoms with Crippen molar-refractivity contribution >= 4 is 5.91 Å². The monoisotopic (exact) mass is 369 g/mol. The van der Waals surface area contributed by atoms with Crippen molar-refractivity contribution in [3.05, 3.63) is 47.3 Å². The molecular formula is C21H27N3O3. The molecule has 2 aliphatic rings. The van der Waals surface area contributed by atoms with Crippen LogP contribution in [0.5, 0.6) is 5.75 Å². The summed E-state index contributed by atoms with van der Waals surface area (Å²) in [5.74, 6) is 1.09. The number of amides is 1. The average molecular weight is 369 g/mol. The summed E-state index contributed by atoms with van der Waals surface area (Å²) in [6.45, 7) is 4.79. The first kappa shape index (κ1) is 18.0. The van der Waals surface area contributed by atoms with Gasteiger partial charge in [-0.05, 0) is 43.4 Å². The predicted molar refractivity (Wildman–Crippen MR) is 102 cm³/mol. The molecule has 27 heavy (non-hydrogen) atoms. The number of piperidine rings is 1. The molecule has 0 N–H and O–H groups in total. The van der Waals surface area contributed by atoms with Crippen molar-refractivity contribution in [2.75, 3.05) is 26.8 Å². The van der Waals surface area contributed by atoms with Gasteiger partial charge in [0.1, 0.15) is 11.4 Å². The Bertz CT molecular complexity index is 808. The van der Waals surface area contributed by atoms with Crippen molar-refractivity contribution in [1.29, 1.82) is 0 Å². The van der Waals surface area contributed by atoms with E-state index in [1.54, 1.807) is 7.11 Å². The summed E-state index contributed by atoms with van der Waals surface area (Å²) < 4.78 is 13.8. The van der Waals surface area contributed by atoms with Gasteiger partial charge in [0.2, 0.25) is 5.91 Å². The summed E-state index contributed by atoms with van der Waals surface area (Å²) in [6.07, 6.45) is 6.81. The predicted octanol–water partition coefficient (Wildman–Crippen LogP) is 2.68. The van der Waals surface area contributed by atoms with Gasteiger partial charge in [-0.1, -0.05) is 12.1 Å². The number of carbonyl (C=O) groups excluding carboxylic acids is 1. The lowest BCUT2D eigenvalue weighted by Crippen LogP contribution is -2.48. The highest BCUT2D eigenvalue weighted by Gasteiger charge is 2.43. The molecule has 2 aliphatic heterocycles. The van der Waals surface area contributed by atoms with E-state index < -0.39 is 0 Å². The van der Waals surface area contributed by atoms with E-state index in [-0.39, 0.29) is 11.5 Å². The molecule has 1 aromatic heterocycles. The first-order chi connectivity index (χ1) is 13.1. The molecule has 2 aromatic rings. The standard InChI is InChI=1S/C21H27N3O3/c1-16-14-22-24(15-16)10-6-19(25)23-11-8-21(9-12-23)20-17(7-13-27-21)4-3-5-18(20)26-2/h3-5,14-15H,6-13H2,1-2H3. The summed E-state index contributed by atoms with van der Waals surface area (Å²) in [6, 6.07) is 6.23. The molecule has 6 nitrogen and oxygen atoms in total. The van der Waals surface area contributed by atoms with Crippen LogP contribution < -0.4 is 4.74 Å². The van der Waals surface area contributed by atoms with E-state index in [4.69, 9.17) is 9.47 Å². The van der Waals surface area contributed by atoms with E-state index in [2.05, 4.69) is 11.2 Å². The second-order valence-corrected chi connectivity index (χ2v) is 7.50. The Morgan fingerprint density at radius 3 is 2.85 bits per heavy atom. The molecule has 1 spiro atoms. The Labute approximate surface area is 160 Å². The second-order valence-electron chi connectivity index (χ2n) is 7.50. The lowest BCUT2D eigenvalue weighted by Gasteiger charge is -2.45. The molecule has 0 unspecified atom stereocenters. The van der Waals surface area contributed by atoms with Crippen LogP contribution in [0.2, 0.25) is 0 Å². The molecule has 144 valence electrons. The van der Waals surface area contributed by atoms with Crippen LogP contribution >= 0.6 is 0 Å². The number of rotatable bonds is 4. The first-order valence-electron chi connectivity index (χ1n) is 9.68. The zero-order chi connectivity index (χ0) is 18.9. The van der Waals surface area contributed by atoms with Gasteiger partial charge in [0.25, 0.3) is 0 Å². The molecule has 6 heteroatoms. The van der Waals surface area contributed by atoms with Crippen molar-refractivity contribution < 1.29 is 14.3 Å². The number of nitrogens with zero attached hydrogens (tertiary/aromatic N) is 3. The normalized spacial score (nSPS) is 18.4. The van der Waals surface area contributed by atoms with Gasteiger partial charge in [-0.2, -0.15) is 5.10 Å². The Balaban J connectivity index is 1.43. The third-order valence-corrected chi connectivity index (χ3v) is 5.78. The molecule has 0 radical (unpaired) electrons. The van der Waals surface area contributed by atoms with Crippen molar-refractivity contribution in [3.8, 4) is 5.75 Å². The zero-order valence-electron chi connectivity index (χ0n) is 16.1. The summed E-state index contributed by atoms with van der Waals surface area (Å²) in [5, 5.41) is 4.26. The fourth-order valence-corrected chi connectivity index (χ4v) is 4.37. The number of carbonyl (C=O) groups is 1. The van der Waals surface area contributed by atoms with Gasteiger partial charge in [-0.25, -0.2) is 0 Å². The van der Waals surface area contributed by atoms with Crippen LogP contribution in [0.25, 0.3) is 0 Å². The molecule has 4 rings (SSSR count). The minimum absolute atomic E-state index is 0.189. The number of aromatic nitrogens is 2. The first-order valence-corrected chi connectivity index (χ1v) is 9.68. The van der Waals surface area contributed by atoms with Crippen molar-refractivity contribution in [2.24, 2.45) is 0 Å². The Morgan fingerprint density at radius 2 is 2.15 bits per heavy atom. The van der Waals surface area contributed by atoms with E-state index in [9.17, 15) is 4.79 Å². The highest BCUT2D eigenvalue weighted by atomic mass is 16.5. The minimum atomic E-state index is -0.323. The zero-order valence-corrected chi connectivity index (χ0v) is 16.1. The number of benzene rings is 1. The largest absolute Gasteiger partial charge is 0.496 e. The van der Waals surface area contributed by atoms with E-state index in [0.717, 1.165) is 37.2 Å². The maximum Gasteiger partial charge on any atom is 0.224 e. The SMILES string of the molecule is COc1cccc2c1C1(CCN(C(=O)CCn3cc(C)cn3)CC1)OCC2. The second kappa shape index (κ2) is 7.35. The molecule has 0 bridgehead atoms. The van der Waals surface area contributed by atoms with Crippen molar-refractivity contribution in [2.45, 2.75) is 44.8 Å². The van der Waals surface area contributed by atoms with Crippen LogP contribution in [-0.2, 0) is 28.1 Å². The maximum absolute atomic E-state index is 12.6. The molecule has 1 saturated heterocycles. The molecule has 0 atom stereocenters. The van der Waals surface area contributed by atoms with Gasteiger partial charge in [-0.3, -0.25) is 9.48 Å². The van der Waals surface area contributed by atoms with Gasteiger partial charge >= 0.3 is 0 Å². The lowest BCUT2D eigenvalue weighted by molar-refractivity contribution is -0.141. The number of aryl methyl sites for hydroxylation is 2. The van der Waals surface area contributed by atoms with E-state index in [0.29, 0.717) is 26.1 Å². The number of fused-ring (bicyclic) bond motifs is 2. The molecule has 0 saturated carbocycles. The van der Waals surface area contributed by atoms with E-state index in [1.807, 2.05) is 41.0 Å². The summed E-state index contributed by atoms with van der Waals surface area (Å²) in [5.41, 5.74) is 3.30. The van der Waals surface area contributed by atoms with E-state index in [1.165, 1.54) is 11.1 Å². The van der Waals surface area contributed by atoms with E-state index >= 15 is 0 Å². The van der Waals surface area contributed by atoms with Crippen LogP contribution in [-0.4, -0.2) is 47.4 Å². The number of hydrogen-bond donors (Lipinski definition) is 0. The topological polar surface area (TPSA) is 56.6 Å². The van der Waals surface area contributed by atoms with Crippen LogP contribution in [0.3, 0.4) is 0 Å². The number of methoxy groups -OCH3 is 1. The number of ether oxygens (including phenoxy) is 2. The molecule has 1 fully saturated rings. The van der Waals surface area contributed by atoms with Gasteiger partial charge in [0, 0.05) is 37.8 Å². The third-order valence-electron chi connectivity index (χ3n) is 5.78. The van der Waals surface area contributed by atoms with Crippen molar-refractivity contribution in [3.63, 3.8) is 0 Å². The fraction of sp³-hybridized carbons (Fsp3) is 0.524. The van der Waals surface area contributed by atoms with Gasteiger partial charge in [-0.15, -0.1) is 0 Å². The van der Waals surface area contributed by atoms with Crippen LogP contribution in [0, 0.1) is 6.92 Å². The van der Waals surface area contributed by atoms with Gasteiger partial charge in [0.15, 0.2) is 0 Å². The van der Waals surface area contributed by atoms with Gasteiger partial charge < -0.3 is 14.4 Å².